The van der Waals surface area contributed by atoms with E-state index in [4.69, 9.17) is 9.79 Å². The molecular formula is C11H23O4P. The Labute approximate surface area is 97.6 Å². The SMILES string of the molecule is CC(C)CCCCCCC(=O)CP(=O)(O)O. The monoisotopic (exact) mass is 250 g/mol. The zero-order chi connectivity index (χ0) is 12.6. The lowest BCUT2D eigenvalue weighted by atomic mass is 10.0. The van der Waals surface area contributed by atoms with Gasteiger partial charge in [0.1, 0.15) is 11.9 Å². The molecule has 0 radical (unpaired) electrons. The molecule has 5 heteroatoms. The lowest BCUT2D eigenvalue weighted by Crippen LogP contribution is -2.04. The molecule has 0 heterocycles. The highest BCUT2D eigenvalue weighted by atomic mass is 31.2. The van der Waals surface area contributed by atoms with E-state index in [0.717, 1.165) is 25.2 Å². The minimum absolute atomic E-state index is 0.298. The average molecular weight is 250 g/mol. The van der Waals surface area contributed by atoms with E-state index in [2.05, 4.69) is 13.8 Å². The number of ketones is 1. The molecule has 0 unspecified atom stereocenters. The molecule has 0 aliphatic carbocycles. The second kappa shape index (κ2) is 7.99. The molecule has 0 aliphatic rings. The molecule has 0 fully saturated rings. The molecule has 4 nitrogen and oxygen atoms in total. The lowest BCUT2D eigenvalue weighted by Gasteiger charge is -2.05. The van der Waals surface area contributed by atoms with Gasteiger partial charge >= 0.3 is 7.60 Å². The summed E-state index contributed by atoms with van der Waals surface area (Å²) < 4.78 is 10.5. The maximum absolute atomic E-state index is 11.1. The molecule has 0 aliphatic heterocycles. The highest BCUT2D eigenvalue weighted by Crippen LogP contribution is 2.34. The van der Waals surface area contributed by atoms with E-state index in [-0.39, 0.29) is 5.78 Å². The van der Waals surface area contributed by atoms with E-state index >= 15 is 0 Å². The third kappa shape index (κ3) is 11.9. The van der Waals surface area contributed by atoms with Gasteiger partial charge in [0.2, 0.25) is 0 Å². The van der Waals surface area contributed by atoms with Crippen LogP contribution in [0.3, 0.4) is 0 Å². The van der Waals surface area contributed by atoms with Crippen molar-refractivity contribution in [1.82, 2.24) is 0 Å². The van der Waals surface area contributed by atoms with Crippen LogP contribution >= 0.6 is 7.60 Å². The van der Waals surface area contributed by atoms with Crippen molar-refractivity contribution in [3.63, 3.8) is 0 Å². The van der Waals surface area contributed by atoms with Crippen LogP contribution in [-0.4, -0.2) is 21.7 Å². The highest BCUT2D eigenvalue weighted by molar-refractivity contribution is 7.52. The largest absolute Gasteiger partial charge is 0.332 e. The number of hydrogen-bond acceptors (Lipinski definition) is 2. The van der Waals surface area contributed by atoms with Crippen molar-refractivity contribution in [1.29, 1.82) is 0 Å². The summed E-state index contributed by atoms with van der Waals surface area (Å²) in [6, 6.07) is 0. The summed E-state index contributed by atoms with van der Waals surface area (Å²) in [6.07, 6.45) is 4.89. The van der Waals surface area contributed by atoms with E-state index in [1.54, 1.807) is 0 Å². The van der Waals surface area contributed by atoms with Crippen LogP contribution in [0.15, 0.2) is 0 Å². The van der Waals surface area contributed by atoms with Gasteiger partial charge in [0, 0.05) is 6.42 Å². The van der Waals surface area contributed by atoms with Crippen molar-refractivity contribution in [3.8, 4) is 0 Å². The van der Waals surface area contributed by atoms with Gasteiger partial charge in [0.15, 0.2) is 0 Å². The molecule has 0 saturated carbocycles. The standard InChI is InChI=1S/C11H23O4P/c1-10(2)7-5-3-4-6-8-11(12)9-16(13,14)15/h10H,3-9H2,1-2H3,(H2,13,14,15). The summed E-state index contributed by atoms with van der Waals surface area (Å²) in [5.74, 6) is 0.397. The summed E-state index contributed by atoms with van der Waals surface area (Å²) in [6.45, 7) is 4.37. The molecule has 16 heavy (non-hydrogen) atoms. The van der Waals surface area contributed by atoms with E-state index in [1.807, 2.05) is 0 Å². The normalized spacial score (nSPS) is 12.1. The van der Waals surface area contributed by atoms with Crippen molar-refractivity contribution < 1.29 is 19.1 Å². The molecule has 2 N–H and O–H groups in total. The predicted octanol–water partition coefficient (Wildman–Crippen LogP) is 2.73. The Hall–Kier alpha value is -0.180. The Morgan fingerprint density at radius 3 is 2.19 bits per heavy atom. The van der Waals surface area contributed by atoms with Crippen molar-refractivity contribution in [2.24, 2.45) is 5.92 Å². The fourth-order valence-electron chi connectivity index (χ4n) is 1.54. The van der Waals surface area contributed by atoms with Crippen molar-refractivity contribution in [2.45, 2.75) is 52.4 Å². The van der Waals surface area contributed by atoms with E-state index < -0.39 is 13.8 Å². The van der Waals surface area contributed by atoms with Crippen LogP contribution in [0.2, 0.25) is 0 Å². The Morgan fingerprint density at radius 2 is 1.69 bits per heavy atom. The maximum Gasteiger partial charge on any atom is 0.332 e. The second-order valence-corrected chi connectivity index (χ2v) is 6.35. The Bertz CT molecular complexity index is 244. The molecule has 0 spiro atoms. The molecule has 0 rings (SSSR count). The van der Waals surface area contributed by atoms with Crippen LogP contribution in [0.25, 0.3) is 0 Å². The summed E-state index contributed by atoms with van der Waals surface area (Å²) in [5, 5.41) is 0. The van der Waals surface area contributed by atoms with Crippen LogP contribution < -0.4 is 0 Å². The molecule has 0 bridgehead atoms. The maximum atomic E-state index is 11.1. The minimum Gasteiger partial charge on any atom is -0.324 e. The number of unbranched alkanes of at least 4 members (excludes halogenated alkanes) is 3. The highest BCUT2D eigenvalue weighted by Gasteiger charge is 2.18. The fourth-order valence-corrected chi connectivity index (χ4v) is 2.15. The van der Waals surface area contributed by atoms with Crippen LogP contribution in [0.4, 0.5) is 0 Å². The quantitative estimate of drug-likeness (QED) is 0.487. The molecule has 0 amide bonds. The molecule has 0 aromatic carbocycles. The summed E-state index contributed by atoms with van der Waals surface area (Å²) >= 11 is 0. The Morgan fingerprint density at radius 1 is 1.12 bits per heavy atom. The summed E-state index contributed by atoms with van der Waals surface area (Å²) in [5.41, 5.74) is 0. The Balaban J connectivity index is 3.39. The number of rotatable bonds is 9. The lowest BCUT2D eigenvalue weighted by molar-refractivity contribution is -0.117. The van der Waals surface area contributed by atoms with E-state index in [9.17, 15) is 9.36 Å². The molecule has 0 aromatic heterocycles. The Kier molecular flexibility index (Phi) is 7.90. The molecule has 0 aromatic rings. The van der Waals surface area contributed by atoms with Gasteiger partial charge in [-0.25, -0.2) is 0 Å². The zero-order valence-corrected chi connectivity index (χ0v) is 11.1. The van der Waals surface area contributed by atoms with Gasteiger partial charge < -0.3 is 9.79 Å². The van der Waals surface area contributed by atoms with Crippen LogP contribution in [0.5, 0.6) is 0 Å². The fraction of sp³-hybridized carbons (Fsp3) is 0.909. The van der Waals surface area contributed by atoms with Crippen LogP contribution in [-0.2, 0) is 9.36 Å². The van der Waals surface area contributed by atoms with Crippen LogP contribution in [0.1, 0.15) is 52.4 Å². The van der Waals surface area contributed by atoms with Crippen LogP contribution in [0, 0.1) is 5.92 Å². The summed E-state index contributed by atoms with van der Waals surface area (Å²) in [7, 11) is -4.15. The first-order valence-electron chi connectivity index (χ1n) is 5.87. The van der Waals surface area contributed by atoms with Crippen molar-refractivity contribution in [3.05, 3.63) is 0 Å². The zero-order valence-electron chi connectivity index (χ0n) is 10.2. The van der Waals surface area contributed by atoms with Gasteiger partial charge in [-0.1, -0.05) is 39.5 Å². The first-order chi connectivity index (χ1) is 7.31. The molecular weight excluding hydrogens is 227 g/mol. The third-order valence-corrected chi connectivity index (χ3v) is 3.13. The van der Waals surface area contributed by atoms with E-state index in [0.29, 0.717) is 6.42 Å². The predicted molar refractivity (Wildman–Crippen MR) is 64.5 cm³/mol. The first kappa shape index (κ1) is 15.8. The molecule has 0 saturated heterocycles. The van der Waals surface area contributed by atoms with Gasteiger partial charge in [-0.2, -0.15) is 0 Å². The minimum atomic E-state index is -4.15. The van der Waals surface area contributed by atoms with Gasteiger partial charge in [-0.3, -0.25) is 9.36 Å². The smallest absolute Gasteiger partial charge is 0.324 e. The number of Topliss-reactive ketones (excluding diaryl/α,β-unsaturated/α-hetero) is 1. The van der Waals surface area contributed by atoms with Gasteiger partial charge in [-0.05, 0) is 12.3 Å². The first-order valence-corrected chi connectivity index (χ1v) is 7.67. The number of carbonyl (C=O) groups is 1. The second-order valence-electron chi connectivity index (χ2n) is 4.71. The number of carbonyl (C=O) groups excluding carboxylic acids is 1. The van der Waals surface area contributed by atoms with Gasteiger partial charge in [0.05, 0.1) is 0 Å². The summed E-state index contributed by atoms with van der Waals surface area (Å²) in [4.78, 5) is 28.3. The molecule has 0 atom stereocenters. The van der Waals surface area contributed by atoms with Gasteiger partial charge in [0.25, 0.3) is 0 Å². The number of hydrogen-bond donors (Lipinski definition) is 2. The topological polar surface area (TPSA) is 74.6 Å². The third-order valence-electron chi connectivity index (χ3n) is 2.37. The van der Waals surface area contributed by atoms with Crippen molar-refractivity contribution >= 4 is 13.4 Å². The van der Waals surface area contributed by atoms with E-state index in [1.165, 1.54) is 12.8 Å². The van der Waals surface area contributed by atoms with Gasteiger partial charge in [-0.15, -0.1) is 0 Å². The average Bonchev–Trinajstić information content (AvgIpc) is 2.07. The van der Waals surface area contributed by atoms with Crippen molar-refractivity contribution in [2.75, 3.05) is 6.16 Å². The molecule has 96 valence electrons.